The smallest absolute Gasteiger partial charge is 0.309 e. The zero-order chi connectivity index (χ0) is 33.4. The fraction of sp³-hybridized carbons (Fsp3) is 0.933. The van der Waals surface area contributed by atoms with Crippen LogP contribution >= 0.6 is 0 Å². The lowest BCUT2D eigenvalue weighted by molar-refractivity contribution is -0.335. The van der Waals surface area contributed by atoms with E-state index in [-0.39, 0.29) is 44.4 Å². The fourth-order valence-electron chi connectivity index (χ4n) is 7.69. The third-order valence-electron chi connectivity index (χ3n) is 10.3. The van der Waals surface area contributed by atoms with Gasteiger partial charge in [0.15, 0.2) is 12.4 Å². The van der Waals surface area contributed by atoms with Gasteiger partial charge < -0.3 is 69.6 Å². The molecule has 46 heavy (non-hydrogen) atoms. The number of hydrogen-bond donors (Lipinski definition) is 9. The Bertz CT molecular complexity index is 1030. The van der Waals surface area contributed by atoms with Crippen LogP contribution in [0.3, 0.4) is 0 Å². The van der Waals surface area contributed by atoms with E-state index >= 15 is 0 Å². The highest BCUT2D eigenvalue weighted by Crippen LogP contribution is 2.43. The van der Waals surface area contributed by atoms with Gasteiger partial charge in [0.05, 0.1) is 60.9 Å². The summed E-state index contributed by atoms with van der Waals surface area (Å²) in [4.78, 5) is 24.8. The number of fused-ring (bicyclic) bond motifs is 1. The molecule has 0 aromatic heterocycles. The van der Waals surface area contributed by atoms with Gasteiger partial charge in [-0.3, -0.25) is 9.59 Å². The number of rotatable bonds is 7. The maximum Gasteiger partial charge on any atom is 0.309 e. The highest BCUT2D eigenvalue weighted by atomic mass is 16.7. The molecule has 16 atom stereocenters. The van der Waals surface area contributed by atoms with Gasteiger partial charge in [0.2, 0.25) is 0 Å². The maximum absolute atomic E-state index is 13.3. The van der Waals surface area contributed by atoms with E-state index in [2.05, 4.69) is 0 Å². The molecule has 264 valence electrons. The van der Waals surface area contributed by atoms with Gasteiger partial charge in [0.25, 0.3) is 0 Å². The molecule has 0 amide bonds. The molecule has 0 radical (unpaired) electrons. The van der Waals surface area contributed by atoms with Crippen molar-refractivity contribution >= 4 is 11.9 Å². The third kappa shape index (κ3) is 7.84. The lowest BCUT2D eigenvalue weighted by atomic mass is 9.72. The molecule has 5 aliphatic rings. The second-order valence-corrected chi connectivity index (χ2v) is 13.6. The number of aliphatic hydroxyl groups excluding tert-OH is 9. The summed E-state index contributed by atoms with van der Waals surface area (Å²) in [6, 6.07) is 0. The highest BCUT2D eigenvalue weighted by Gasteiger charge is 2.54. The van der Waals surface area contributed by atoms with Crippen LogP contribution in [0.5, 0.6) is 0 Å². The van der Waals surface area contributed by atoms with Crippen molar-refractivity contribution in [1.29, 1.82) is 0 Å². The van der Waals surface area contributed by atoms with E-state index in [1.165, 1.54) is 0 Å². The molecule has 11 unspecified atom stereocenters. The van der Waals surface area contributed by atoms with Gasteiger partial charge in [-0.2, -0.15) is 0 Å². The SMILES string of the molecule is CC(=O)OC[C@H]1O[C@@H](OC2CC3C(O)CC(O)CC3OC2C2CCC(O)C(O)C2)[C@H](OC(=O)C2CC(O)C(O)C(O)C2)[C@@H](O)[C@H]1O. The van der Waals surface area contributed by atoms with Gasteiger partial charge in [0, 0.05) is 12.8 Å². The topological polar surface area (TPSA) is 262 Å². The quantitative estimate of drug-likeness (QED) is 0.120. The molecular formula is C30H48O16. The molecule has 16 heteroatoms. The van der Waals surface area contributed by atoms with Gasteiger partial charge in [-0.05, 0) is 57.3 Å². The summed E-state index contributed by atoms with van der Waals surface area (Å²) >= 11 is 0. The molecule has 2 aliphatic heterocycles. The minimum atomic E-state index is -1.80. The van der Waals surface area contributed by atoms with E-state index in [0.717, 1.165) is 6.92 Å². The van der Waals surface area contributed by atoms with Crippen molar-refractivity contribution < 1.29 is 79.2 Å². The predicted octanol–water partition coefficient (Wildman–Crippen LogP) is -3.40. The predicted molar refractivity (Wildman–Crippen MR) is 150 cm³/mol. The van der Waals surface area contributed by atoms with Crippen LogP contribution in [-0.2, 0) is 33.3 Å². The van der Waals surface area contributed by atoms with Gasteiger partial charge in [0.1, 0.15) is 31.0 Å². The average Bonchev–Trinajstić information content (AvgIpc) is 2.99. The Morgan fingerprint density at radius 2 is 1.41 bits per heavy atom. The van der Waals surface area contributed by atoms with Gasteiger partial charge in [-0.25, -0.2) is 0 Å². The molecule has 0 bridgehead atoms. The van der Waals surface area contributed by atoms with Crippen LogP contribution < -0.4 is 0 Å². The minimum Gasteiger partial charge on any atom is -0.463 e. The number of carbonyl (C=O) groups is 2. The van der Waals surface area contributed by atoms with Crippen molar-refractivity contribution in [2.45, 2.75) is 150 Å². The molecule has 0 aromatic carbocycles. The molecule has 2 heterocycles. The Labute approximate surface area is 265 Å². The number of hydrogen-bond acceptors (Lipinski definition) is 16. The summed E-state index contributed by atoms with van der Waals surface area (Å²) in [6.07, 6.45) is -17.0. The van der Waals surface area contributed by atoms with Crippen molar-refractivity contribution in [2.75, 3.05) is 6.61 Å². The minimum absolute atomic E-state index is 0.125. The average molecular weight is 665 g/mol. The van der Waals surface area contributed by atoms with Gasteiger partial charge >= 0.3 is 11.9 Å². The second-order valence-electron chi connectivity index (χ2n) is 13.6. The lowest BCUT2D eigenvalue weighted by Crippen LogP contribution is -2.63. The molecule has 9 N–H and O–H groups in total. The van der Waals surface area contributed by atoms with Crippen LogP contribution in [0.25, 0.3) is 0 Å². The molecular weight excluding hydrogens is 616 g/mol. The summed E-state index contributed by atoms with van der Waals surface area (Å²) in [7, 11) is 0. The molecule has 0 aromatic rings. The Hall–Kier alpha value is -1.54. The van der Waals surface area contributed by atoms with Crippen molar-refractivity contribution in [3.63, 3.8) is 0 Å². The van der Waals surface area contributed by atoms with Crippen LogP contribution in [0.2, 0.25) is 0 Å². The first kappa shape index (κ1) is 35.8. The monoisotopic (exact) mass is 664 g/mol. The van der Waals surface area contributed by atoms with E-state index in [1.807, 2.05) is 0 Å². The summed E-state index contributed by atoms with van der Waals surface area (Å²) in [5.74, 6) is -3.48. The van der Waals surface area contributed by atoms with Crippen molar-refractivity contribution in [3.05, 3.63) is 0 Å². The Kier molecular flexibility index (Phi) is 11.6. The number of aliphatic hydroxyl groups is 9. The maximum atomic E-state index is 13.3. The first-order valence-electron chi connectivity index (χ1n) is 16.2. The first-order chi connectivity index (χ1) is 21.7. The van der Waals surface area contributed by atoms with Gasteiger partial charge in [-0.1, -0.05) is 0 Å². The zero-order valence-corrected chi connectivity index (χ0v) is 25.6. The van der Waals surface area contributed by atoms with Crippen molar-refractivity contribution in [1.82, 2.24) is 0 Å². The Morgan fingerprint density at radius 1 is 0.717 bits per heavy atom. The molecule has 2 saturated heterocycles. The highest BCUT2D eigenvalue weighted by molar-refractivity contribution is 5.73. The summed E-state index contributed by atoms with van der Waals surface area (Å²) in [5.41, 5.74) is 0. The third-order valence-corrected chi connectivity index (χ3v) is 10.3. The lowest BCUT2D eigenvalue weighted by Gasteiger charge is -2.51. The largest absolute Gasteiger partial charge is 0.463 e. The van der Waals surface area contributed by atoms with E-state index < -0.39 is 122 Å². The zero-order valence-electron chi connectivity index (χ0n) is 25.6. The van der Waals surface area contributed by atoms with Crippen LogP contribution in [0.15, 0.2) is 0 Å². The van der Waals surface area contributed by atoms with E-state index in [9.17, 15) is 55.5 Å². The number of carbonyl (C=O) groups excluding carboxylic acids is 2. The number of esters is 2. The second kappa shape index (κ2) is 14.9. The normalized spacial score (nSPS) is 49.9. The summed E-state index contributed by atoms with van der Waals surface area (Å²) < 4.78 is 29.4. The molecule has 5 fully saturated rings. The van der Waals surface area contributed by atoms with Crippen molar-refractivity contribution in [2.24, 2.45) is 17.8 Å². The number of ether oxygens (including phenoxy) is 5. The first-order valence-corrected chi connectivity index (χ1v) is 16.2. The van der Waals surface area contributed by atoms with E-state index in [4.69, 9.17) is 23.7 Å². The molecule has 3 saturated carbocycles. The molecule has 3 aliphatic carbocycles. The van der Waals surface area contributed by atoms with Crippen LogP contribution in [0, 0.1) is 17.8 Å². The van der Waals surface area contributed by atoms with Gasteiger partial charge in [-0.15, -0.1) is 0 Å². The van der Waals surface area contributed by atoms with Crippen LogP contribution in [0.4, 0.5) is 0 Å². The van der Waals surface area contributed by atoms with E-state index in [0.29, 0.717) is 12.8 Å². The standard InChI is InChI=1S/C30H48O16/c1-11(31)42-10-23-25(39)26(40)28(46-29(41)13-5-19(36)24(38)20(37)6-13)30(45-23)44-22-9-15-17(34)7-14(32)8-21(15)43-27(22)12-2-3-16(33)18(35)4-12/h12-28,30,32-40H,2-10H2,1H3/t12?,13?,14?,15?,16?,17?,18?,19?,20?,21?,22?,23-,24?,25+,26+,27?,28-,30-/m1/s1. The Morgan fingerprint density at radius 3 is 2.07 bits per heavy atom. The molecule has 5 rings (SSSR count). The Balaban J connectivity index is 1.40. The summed E-state index contributed by atoms with van der Waals surface area (Å²) in [5, 5.41) is 93.9. The molecule has 16 nitrogen and oxygen atoms in total. The van der Waals surface area contributed by atoms with Crippen molar-refractivity contribution in [3.8, 4) is 0 Å². The van der Waals surface area contributed by atoms with Crippen LogP contribution in [0.1, 0.15) is 58.3 Å². The van der Waals surface area contributed by atoms with Crippen LogP contribution in [-0.4, -0.2) is 156 Å². The van der Waals surface area contributed by atoms with E-state index in [1.54, 1.807) is 0 Å². The summed E-state index contributed by atoms with van der Waals surface area (Å²) in [6.45, 7) is 0.683. The molecule has 0 spiro atoms. The fourth-order valence-corrected chi connectivity index (χ4v) is 7.69.